The van der Waals surface area contributed by atoms with Gasteiger partial charge in [0, 0.05) is 39.1 Å². The highest BCUT2D eigenvalue weighted by Crippen LogP contribution is 2.25. The summed E-state index contributed by atoms with van der Waals surface area (Å²) >= 11 is 0. The van der Waals surface area contributed by atoms with Gasteiger partial charge >= 0.3 is 0 Å². The van der Waals surface area contributed by atoms with Crippen LogP contribution in [0.5, 0.6) is 5.75 Å². The number of carbonyl (C=O) groups is 2. The van der Waals surface area contributed by atoms with E-state index in [2.05, 4.69) is 10.2 Å². The number of hydrogen-bond donors (Lipinski definition) is 1. The van der Waals surface area contributed by atoms with Crippen molar-refractivity contribution in [3.63, 3.8) is 0 Å². The first-order chi connectivity index (χ1) is 16.0. The molecule has 2 saturated heterocycles. The minimum absolute atomic E-state index is 0.0376. The molecule has 0 spiro atoms. The Morgan fingerprint density at radius 2 is 1.82 bits per heavy atom. The summed E-state index contributed by atoms with van der Waals surface area (Å²) in [5.41, 5.74) is 3.40. The second kappa shape index (κ2) is 10.8. The van der Waals surface area contributed by atoms with Gasteiger partial charge in [-0.3, -0.25) is 14.5 Å². The van der Waals surface area contributed by atoms with Gasteiger partial charge < -0.3 is 19.7 Å². The van der Waals surface area contributed by atoms with Crippen molar-refractivity contribution in [3.8, 4) is 5.75 Å². The van der Waals surface area contributed by atoms with Crippen LogP contribution < -0.4 is 10.1 Å². The lowest BCUT2D eigenvalue weighted by molar-refractivity contribution is -0.129. The van der Waals surface area contributed by atoms with Crippen molar-refractivity contribution >= 4 is 11.8 Å². The van der Waals surface area contributed by atoms with Gasteiger partial charge in [0.15, 0.2) is 0 Å². The number of aryl methyl sites for hydroxylation is 1. The Morgan fingerprint density at radius 3 is 2.48 bits per heavy atom. The van der Waals surface area contributed by atoms with Crippen LogP contribution in [0.3, 0.4) is 0 Å². The molecule has 7 nitrogen and oxygen atoms in total. The van der Waals surface area contributed by atoms with E-state index in [1.807, 2.05) is 55.5 Å². The number of carbonyl (C=O) groups excluding carboxylic acids is 2. The summed E-state index contributed by atoms with van der Waals surface area (Å²) in [5.74, 6) is 0.475. The molecular weight excluding hydrogens is 418 g/mol. The molecule has 0 aliphatic carbocycles. The zero-order valence-electron chi connectivity index (χ0n) is 19.5. The van der Waals surface area contributed by atoms with Crippen molar-refractivity contribution in [2.45, 2.75) is 25.9 Å². The van der Waals surface area contributed by atoms with Crippen LogP contribution in [0.25, 0.3) is 0 Å². The molecule has 2 aliphatic rings. The number of benzene rings is 2. The summed E-state index contributed by atoms with van der Waals surface area (Å²) in [6.07, 6.45) is 0.266. The zero-order chi connectivity index (χ0) is 23.2. The van der Waals surface area contributed by atoms with Crippen LogP contribution in [0.1, 0.15) is 29.2 Å². The Hall–Kier alpha value is -2.90. The van der Waals surface area contributed by atoms with Crippen molar-refractivity contribution < 1.29 is 19.1 Å². The predicted octanol–water partition coefficient (Wildman–Crippen LogP) is 2.54. The third kappa shape index (κ3) is 5.92. The molecule has 0 saturated carbocycles. The lowest BCUT2D eigenvalue weighted by Crippen LogP contribution is -2.45. The first-order valence-corrected chi connectivity index (χ1v) is 11.6. The van der Waals surface area contributed by atoms with Crippen LogP contribution in [0, 0.1) is 12.8 Å². The molecule has 33 heavy (non-hydrogen) atoms. The molecule has 7 heteroatoms. The maximum absolute atomic E-state index is 13.0. The fourth-order valence-electron chi connectivity index (χ4n) is 4.53. The quantitative estimate of drug-likeness (QED) is 0.668. The predicted molar refractivity (Wildman–Crippen MR) is 126 cm³/mol. The third-order valence-corrected chi connectivity index (χ3v) is 6.54. The number of hydrogen-bond acceptors (Lipinski definition) is 5. The Balaban J connectivity index is 1.37. The maximum Gasteiger partial charge on any atom is 0.225 e. The average molecular weight is 452 g/mol. The molecule has 0 bridgehead atoms. The van der Waals surface area contributed by atoms with Crippen LogP contribution >= 0.6 is 0 Å². The molecular formula is C26H33N3O4. The molecule has 2 amide bonds. The van der Waals surface area contributed by atoms with Gasteiger partial charge in [-0.1, -0.05) is 42.0 Å². The summed E-state index contributed by atoms with van der Waals surface area (Å²) < 4.78 is 10.8. The average Bonchev–Trinajstić information content (AvgIpc) is 3.22. The highest BCUT2D eigenvalue weighted by molar-refractivity contribution is 5.89. The smallest absolute Gasteiger partial charge is 0.225 e. The molecule has 2 fully saturated rings. The molecule has 0 unspecified atom stereocenters. The third-order valence-electron chi connectivity index (χ3n) is 6.54. The first kappa shape index (κ1) is 23.3. The van der Waals surface area contributed by atoms with E-state index in [1.54, 1.807) is 12.0 Å². The van der Waals surface area contributed by atoms with E-state index in [-0.39, 0.29) is 30.2 Å². The SMILES string of the molecule is COc1ccc([C@@H](CNC(=O)[C@@H]2CC(=O)N(Cc3ccc(C)cc3)C2)N2CCOCC2)cc1. The van der Waals surface area contributed by atoms with Gasteiger partial charge in [-0.2, -0.15) is 0 Å². The molecule has 176 valence electrons. The van der Waals surface area contributed by atoms with E-state index in [1.165, 1.54) is 5.56 Å². The van der Waals surface area contributed by atoms with E-state index < -0.39 is 0 Å². The number of nitrogens with zero attached hydrogens (tertiary/aromatic N) is 2. The van der Waals surface area contributed by atoms with Gasteiger partial charge in [0.1, 0.15) is 5.75 Å². The second-order valence-corrected chi connectivity index (χ2v) is 8.84. The lowest BCUT2D eigenvalue weighted by Gasteiger charge is -2.35. The van der Waals surface area contributed by atoms with Crippen molar-refractivity contribution in [1.82, 2.24) is 15.1 Å². The number of ether oxygens (including phenoxy) is 2. The highest BCUT2D eigenvalue weighted by atomic mass is 16.5. The number of methoxy groups -OCH3 is 1. The summed E-state index contributed by atoms with van der Waals surface area (Å²) in [5, 5.41) is 3.13. The second-order valence-electron chi connectivity index (χ2n) is 8.84. The fraction of sp³-hybridized carbons (Fsp3) is 0.462. The van der Waals surface area contributed by atoms with Crippen LogP contribution in [-0.2, 0) is 20.9 Å². The minimum atomic E-state index is -0.316. The van der Waals surface area contributed by atoms with Crippen LogP contribution in [0.15, 0.2) is 48.5 Å². The molecule has 2 atom stereocenters. The fourth-order valence-corrected chi connectivity index (χ4v) is 4.53. The number of rotatable bonds is 8. The highest BCUT2D eigenvalue weighted by Gasteiger charge is 2.34. The Morgan fingerprint density at radius 1 is 1.12 bits per heavy atom. The van der Waals surface area contributed by atoms with E-state index >= 15 is 0 Å². The number of amides is 2. The number of nitrogens with one attached hydrogen (secondary N) is 1. The molecule has 2 heterocycles. The first-order valence-electron chi connectivity index (χ1n) is 11.6. The molecule has 0 aromatic heterocycles. The number of likely N-dealkylation sites (tertiary alicyclic amines) is 1. The summed E-state index contributed by atoms with van der Waals surface area (Å²) in [4.78, 5) is 29.7. The van der Waals surface area contributed by atoms with E-state index in [0.29, 0.717) is 32.8 Å². The van der Waals surface area contributed by atoms with Crippen LogP contribution in [0.4, 0.5) is 0 Å². The summed E-state index contributed by atoms with van der Waals surface area (Å²) in [7, 11) is 1.65. The van der Waals surface area contributed by atoms with E-state index in [0.717, 1.165) is 30.0 Å². The van der Waals surface area contributed by atoms with Crippen molar-refractivity contribution in [2.75, 3.05) is 46.5 Å². The number of morpholine rings is 1. The summed E-state index contributed by atoms with van der Waals surface area (Å²) in [6, 6.07) is 16.2. The van der Waals surface area contributed by atoms with Gasteiger partial charge in [-0.05, 0) is 30.2 Å². The Labute approximate surface area is 195 Å². The molecule has 4 rings (SSSR count). The molecule has 1 N–H and O–H groups in total. The minimum Gasteiger partial charge on any atom is -0.497 e. The molecule has 2 aromatic rings. The standard InChI is InChI=1S/C26H33N3O4/c1-19-3-5-20(6-4-19)17-29-18-22(15-25(29)30)26(31)27-16-24(28-11-13-33-14-12-28)21-7-9-23(32-2)10-8-21/h3-10,22,24H,11-18H2,1-2H3,(H,27,31)/t22-,24-/m1/s1. The largest absolute Gasteiger partial charge is 0.497 e. The topological polar surface area (TPSA) is 71.1 Å². The Kier molecular flexibility index (Phi) is 7.62. The maximum atomic E-state index is 13.0. The van der Waals surface area contributed by atoms with Gasteiger partial charge in [0.05, 0.1) is 32.3 Å². The molecule has 0 radical (unpaired) electrons. The van der Waals surface area contributed by atoms with Gasteiger partial charge in [-0.15, -0.1) is 0 Å². The van der Waals surface area contributed by atoms with Gasteiger partial charge in [0.25, 0.3) is 0 Å². The molecule has 2 aliphatic heterocycles. The molecule has 2 aromatic carbocycles. The zero-order valence-corrected chi connectivity index (χ0v) is 19.5. The Bertz CT molecular complexity index is 939. The van der Waals surface area contributed by atoms with Gasteiger partial charge in [0.2, 0.25) is 11.8 Å². The summed E-state index contributed by atoms with van der Waals surface area (Å²) in [6.45, 7) is 6.55. The van der Waals surface area contributed by atoms with Crippen LogP contribution in [0.2, 0.25) is 0 Å². The van der Waals surface area contributed by atoms with Crippen molar-refractivity contribution in [3.05, 3.63) is 65.2 Å². The normalized spacial score (nSPS) is 20.0. The van der Waals surface area contributed by atoms with Crippen molar-refractivity contribution in [2.24, 2.45) is 5.92 Å². The monoisotopic (exact) mass is 451 g/mol. The van der Waals surface area contributed by atoms with Crippen molar-refractivity contribution in [1.29, 1.82) is 0 Å². The van der Waals surface area contributed by atoms with Crippen LogP contribution in [-0.4, -0.2) is 68.1 Å². The van der Waals surface area contributed by atoms with E-state index in [9.17, 15) is 9.59 Å². The van der Waals surface area contributed by atoms with E-state index in [4.69, 9.17) is 9.47 Å². The van der Waals surface area contributed by atoms with Gasteiger partial charge in [-0.25, -0.2) is 0 Å². The lowest BCUT2D eigenvalue weighted by atomic mass is 10.0.